The number of ether oxygens (including phenoxy) is 3. The molecule has 0 atom stereocenters. The first-order valence-corrected chi connectivity index (χ1v) is 12.7. The zero-order valence-electron chi connectivity index (χ0n) is 20.7. The van der Waals surface area contributed by atoms with Crippen molar-refractivity contribution in [2.45, 2.75) is 57.2 Å². The number of nitrogens with zero attached hydrogens (tertiary/aromatic N) is 2. The number of carbonyl (C=O) groups excluding carboxylic acids is 1. The van der Waals surface area contributed by atoms with Gasteiger partial charge in [0.2, 0.25) is 0 Å². The minimum absolute atomic E-state index is 0.111. The van der Waals surface area contributed by atoms with Gasteiger partial charge >= 0.3 is 6.09 Å². The molecule has 192 valence electrons. The maximum atomic E-state index is 11.0. The minimum atomic E-state index is -0.983. The summed E-state index contributed by atoms with van der Waals surface area (Å²) >= 11 is 1.64. The SMILES string of the molecule is COc1ccc(Nc2ccc(-c3cnc(C4CCC(OC(N)=O)CC4)s3)c(OCC(C)(C)O)c2)nc1. The van der Waals surface area contributed by atoms with E-state index in [9.17, 15) is 9.90 Å². The topological polar surface area (TPSA) is 129 Å². The molecule has 1 amide bonds. The fourth-order valence-electron chi connectivity index (χ4n) is 4.09. The molecule has 0 saturated heterocycles. The van der Waals surface area contributed by atoms with Crippen molar-refractivity contribution >= 4 is 28.9 Å². The van der Waals surface area contributed by atoms with E-state index in [0.717, 1.165) is 46.8 Å². The van der Waals surface area contributed by atoms with Crippen LogP contribution in [0.1, 0.15) is 50.5 Å². The zero-order chi connectivity index (χ0) is 25.7. The van der Waals surface area contributed by atoms with E-state index in [0.29, 0.717) is 23.2 Å². The Morgan fingerprint density at radius 1 is 1.17 bits per heavy atom. The molecular formula is C26H32N4O5S. The lowest BCUT2D eigenvalue weighted by Crippen LogP contribution is -2.28. The summed E-state index contributed by atoms with van der Waals surface area (Å²) in [6, 6.07) is 9.52. The van der Waals surface area contributed by atoms with Crippen molar-refractivity contribution in [3.05, 3.63) is 47.7 Å². The van der Waals surface area contributed by atoms with E-state index in [-0.39, 0.29) is 12.7 Å². The maximum absolute atomic E-state index is 11.0. The second-order valence-corrected chi connectivity index (χ2v) is 10.6. The molecule has 1 aromatic carbocycles. The summed E-state index contributed by atoms with van der Waals surface area (Å²) in [5.41, 5.74) is 5.88. The molecule has 2 aromatic heterocycles. The van der Waals surface area contributed by atoms with Gasteiger partial charge in [0, 0.05) is 29.4 Å². The maximum Gasteiger partial charge on any atom is 0.404 e. The van der Waals surface area contributed by atoms with Gasteiger partial charge in [-0.3, -0.25) is 0 Å². The van der Waals surface area contributed by atoms with E-state index in [1.165, 1.54) is 0 Å². The Morgan fingerprint density at radius 3 is 2.58 bits per heavy atom. The van der Waals surface area contributed by atoms with Crippen LogP contribution in [0.4, 0.5) is 16.3 Å². The van der Waals surface area contributed by atoms with Crippen molar-refractivity contribution in [2.75, 3.05) is 19.0 Å². The number of rotatable bonds is 9. The number of thiazole rings is 1. The first-order chi connectivity index (χ1) is 17.2. The number of hydrogen-bond acceptors (Lipinski definition) is 9. The predicted molar refractivity (Wildman–Crippen MR) is 139 cm³/mol. The summed E-state index contributed by atoms with van der Waals surface area (Å²) in [6.45, 7) is 3.55. The number of nitrogens with one attached hydrogen (secondary N) is 1. The van der Waals surface area contributed by atoms with Crippen LogP contribution >= 0.6 is 11.3 Å². The monoisotopic (exact) mass is 512 g/mol. The standard InChI is InChI=1S/C26H32N4O5S/c1-26(2,32)15-34-21-12-17(30-23-11-9-19(33-3)13-28-23)6-10-20(21)22-14-29-24(36-22)16-4-7-18(8-5-16)35-25(27)31/h6,9-14,16,18,32H,4-5,7-8,15H2,1-3H3,(H2,27,31)(H,28,30). The van der Waals surface area contributed by atoms with Crippen molar-refractivity contribution < 1.29 is 24.1 Å². The molecule has 0 bridgehead atoms. The molecule has 0 spiro atoms. The number of nitrogens with two attached hydrogens (primary N) is 1. The molecule has 1 aliphatic carbocycles. The minimum Gasteiger partial charge on any atom is -0.495 e. The van der Waals surface area contributed by atoms with E-state index in [1.807, 2.05) is 36.5 Å². The number of aromatic nitrogens is 2. The molecule has 4 rings (SSSR count). The number of amides is 1. The van der Waals surface area contributed by atoms with Gasteiger partial charge < -0.3 is 30.4 Å². The average molecular weight is 513 g/mol. The zero-order valence-corrected chi connectivity index (χ0v) is 21.5. The van der Waals surface area contributed by atoms with Crippen LogP contribution in [0, 0.1) is 0 Å². The molecule has 9 nitrogen and oxygen atoms in total. The number of primary amides is 1. The molecule has 3 aromatic rings. The number of aliphatic hydroxyl groups is 1. The molecule has 1 fully saturated rings. The first-order valence-electron chi connectivity index (χ1n) is 11.9. The summed E-state index contributed by atoms with van der Waals surface area (Å²) in [4.78, 5) is 21.1. The van der Waals surface area contributed by atoms with Gasteiger partial charge in [-0.15, -0.1) is 11.3 Å². The van der Waals surface area contributed by atoms with Gasteiger partial charge in [-0.1, -0.05) is 0 Å². The Hall–Kier alpha value is -3.37. The molecule has 1 aliphatic rings. The molecule has 1 saturated carbocycles. The Balaban J connectivity index is 1.53. The molecule has 36 heavy (non-hydrogen) atoms. The van der Waals surface area contributed by atoms with Crippen LogP contribution in [0.2, 0.25) is 0 Å². The van der Waals surface area contributed by atoms with Crippen LogP contribution in [0.25, 0.3) is 10.4 Å². The normalized spacial score (nSPS) is 17.9. The number of carbonyl (C=O) groups is 1. The van der Waals surface area contributed by atoms with E-state index >= 15 is 0 Å². The van der Waals surface area contributed by atoms with Gasteiger partial charge in [0.25, 0.3) is 0 Å². The molecule has 0 aliphatic heterocycles. The highest BCUT2D eigenvalue weighted by Gasteiger charge is 2.27. The van der Waals surface area contributed by atoms with Crippen molar-refractivity contribution in [3.63, 3.8) is 0 Å². The average Bonchev–Trinajstić information content (AvgIpc) is 3.33. The van der Waals surface area contributed by atoms with Crippen molar-refractivity contribution in [1.82, 2.24) is 9.97 Å². The van der Waals surface area contributed by atoms with Crippen LogP contribution in [-0.4, -0.2) is 46.6 Å². The Bertz CT molecular complexity index is 1170. The summed E-state index contributed by atoms with van der Waals surface area (Å²) < 4.78 is 16.4. The van der Waals surface area contributed by atoms with Crippen LogP contribution in [-0.2, 0) is 4.74 Å². The second kappa shape index (κ2) is 11.1. The van der Waals surface area contributed by atoms with Crippen molar-refractivity contribution in [1.29, 1.82) is 0 Å². The van der Waals surface area contributed by atoms with Gasteiger partial charge in [0.1, 0.15) is 30.0 Å². The van der Waals surface area contributed by atoms with Crippen molar-refractivity contribution in [2.24, 2.45) is 5.73 Å². The third-order valence-corrected chi connectivity index (χ3v) is 7.10. The van der Waals surface area contributed by atoms with Crippen LogP contribution in [0.5, 0.6) is 11.5 Å². The highest BCUT2D eigenvalue weighted by Crippen LogP contribution is 2.41. The smallest absolute Gasteiger partial charge is 0.404 e. The Kier molecular flexibility index (Phi) is 7.95. The summed E-state index contributed by atoms with van der Waals surface area (Å²) in [7, 11) is 1.60. The van der Waals surface area contributed by atoms with E-state index in [2.05, 4.69) is 10.3 Å². The van der Waals surface area contributed by atoms with Crippen LogP contribution in [0.15, 0.2) is 42.7 Å². The van der Waals surface area contributed by atoms with Crippen molar-refractivity contribution in [3.8, 4) is 21.9 Å². The van der Waals surface area contributed by atoms with Gasteiger partial charge in [-0.05, 0) is 63.8 Å². The van der Waals surface area contributed by atoms with E-state index < -0.39 is 11.7 Å². The van der Waals surface area contributed by atoms with Gasteiger partial charge in [0.05, 0.1) is 28.8 Å². The quantitative estimate of drug-likeness (QED) is 0.356. The van der Waals surface area contributed by atoms with Crippen LogP contribution in [0.3, 0.4) is 0 Å². The number of benzene rings is 1. The summed E-state index contributed by atoms with van der Waals surface area (Å²) in [6.07, 6.45) is 6.04. The molecule has 4 N–H and O–H groups in total. The van der Waals surface area contributed by atoms with E-state index in [4.69, 9.17) is 24.9 Å². The van der Waals surface area contributed by atoms with E-state index in [1.54, 1.807) is 38.5 Å². The molecule has 10 heteroatoms. The number of methoxy groups -OCH3 is 1. The lowest BCUT2D eigenvalue weighted by molar-refractivity contribution is 0.0287. The fourth-order valence-corrected chi connectivity index (χ4v) is 5.21. The van der Waals surface area contributed by atoms with Gasteiger partial charge in [-0.2, -0.15) is 0 Å². The van der Waals surface area contributed by atoms with Gasteiger partial charge in [-0.25, -0.2) is 14.8 Å². The number of anilines is 2. The highest BCUT2D eigenvalue weighted by atomic mass is 32.1. The largest absolute Gasteiger partial charge is 0.495 e. The lowest BCUT2D eigenvalue weighted by Gasteiger charge is -2.26. The molecule has 0 unspecified atom stereocenters. The summed E-state index contributed by atoms with van der Waals surface area (Å²) in [5.74, 6) is 2.32. The summed E-state index contributed by atoms with van der Waals surface area (Å²) in [5, 5.41) is 14.6. The lowest BCUT2D eigenvalue weighted by atomic mass is 9.88. The highest BCUT2D eigenvalue weighted by molar-refractivity contribution is 7.15. The fraction of sp³-hybridized carbons (Fsp3) is 0.423. The number of pyridine rings is 1. The second-order valence-electron chi connectivity index (χ2n) is 9.49. The molecular weight excluding hydrogens is 480 g/mol. The first kappa shape index (κ1) is 25.7. The number of hydrogen-bond donors (Lipinski definition) is 3. The predicted octanol–water partition coefficient (Wildman–Crippen LogP) is 5.23. The molecule has 0 radical (unpaired) electrons. The molecule has 2 heterocycles. The Labute approximate surface area is 214 Å². The third-order valence-electron chi connectivity index (χ3n) is 5.90. The Morgan fingerprint density at radius 2 is 1.94 bits per heavy atom. The van der Waals surface area contributed by atoms with Crippen LogP contribution < -0.4 is 20.5 Å². The van der Waals surface area contributed by atoms with Gasteiger partial charge in [0.15, 0.2) is 0 Å². The third kappa shape index (κ3) is 6.86.